The smallest absolute Gasteiger partial charge is 0.229 e. The average molecular weight is 228 g/mol. The highest BCUT2D eigenvalue weighted by molar-refractivity contribution is 5.80. The van der Waals surface area contributed by atoms with Gasteiger partial charge in [-0.05, 0) is 12.3 Å². The van der Waals surface area contributed by atoms with Crippen LogP contribution in [0.5, 0.6) is 0 Å². The minimum atomic E-state index is -0.406. The van der Waals surface area contributed by atoms with Crippen LogP contribution in [0.4, 0.5) is 0 Å². The van der Waals surface area contributed by atoms with Gasteiger partial charge >= 0.3 is 0 Å². The van der Waals surface area contributed by atoms with Crippen LogP contribution < -0.4 is 5.73 Å². The van der Waals surface area contributed by atoms with Crippen molar-refractivity contribution in [1.29, 1.82) is 0 Å². The van der Waals surface area contributed by atoms with E-state index in [1.54, 1.807) is 4.90 Å². The number of nitrogens with two attached hydrogens (primary N) is 1. The summed E-state index contributed by atoms with van der Waals surface area (Å²) in [6, 6.07) is -0.191. The van der Waals surface area contributed by atoms with Gasteiger partial charge in [0.1, 0.15) is 0 Å². The molecule has 92 valence electrons. The standard InChI is InChI=1S/C11H20N2O3/c1-7-2-3-13(4-10(7)14)11(15)8-5-16-6-9(8)12/h7-10,14H,2-6,12H2,1H3. The zero-order valence-corrected chi connectivity index (χ0v) is 9.63. The second-order valence-electron chi connectivity index (χ2n) is 4.93. The van der Waals surface area contributed by atoms with Gasteiger partial charge in [0.25, 0.3) is 0 Å². The summed E-state index contributed by atoms with van der Waals surface area (Å²) in [6.07, 6.45) is 0.451. The van der Waals surface area contributed by atoms with Crippen molar-refractivity contribution in [2.75, 3.05) is 26.3 Å². The molecule has 2 aliphatic heterocycles. The van der Waals surface area contributed by atoms with Crippen LogP contribution in [0, 0.1) is 11.8 Å². The first kappa shape index (κ1) is 11.8. The lowest BCUT2D eigenvalue weighted by molar-refractivity contribution is -0.140. The summed E-state index contributed by atoms with van der Waals surface area (Å²) in [6.45, 7) is 4.05. The molecule has 5 nitrogen and oxygen atoms in total. The molecule has 5 heteroatoms. The van der Waals surface area contributed by atoms with Gasteiger partial charge < -0.3 is 20.5 Å². The van der Waals surface area contributed by atoms with Gasteiger partial charge in [-0.3, -0.25) is 4.79 Å². The molecule has 0 aromatic heterocycles. The zero-order valence-electron chi connectivity index (χ0n) is 9.63. The van der Waals surface area contributed by atoms with E-state index in [-0.39, 0.29) is 23.8 Å². The summed E-state index contributed by atoms with van der Waals surface area (Å²) < 4.78 is 5.19. The molecule has 2 fully saturated rings. The molecule has 2 rings (SSSR count). The lowest BCUT2D eigenvalue weighted by atomic mass is 9.94. The van der Waals surface area contributed by atoms with E-state index in [1.807, 2.05) is 6.92 Å². The normalized spacial score (nSPS) is 40.1. The summed E-state index contributed by atoms with van der Waals surface area (Å²) in [5.41, 5.74) is 5.81. The van der Waals surface area contributed by atoms with E-state index < -0.39 is 6.10 Å². The molecule has 0 bridgehead atoms. The number of hydrogen-bond donors (Lipinski definition) is 2. The number of nitrogens with zero attached hydrogens (tertiary/aromatic N) is 1. The quantitative estimate of drug-likeness (QED) is 0.615. The zero-order chi connectivity index (χ0) is 11.7. The molecule has 2 saturated heterocycles. The maximum atomic E-state index is 12.1. The Labute approximate surface area is 95.5 Å². The molecule has 1 amide bonds. The molecule has 0 radical (unpaired) electrons. The van der Waals surface area contributed by atoms with Gasteiger partial charge in [0.2, 0.25) is 5.91 Å². The highest BCUT2D eigenvalue weighted by Crippen LogP contribution is 2.21. The summed E-state index contributed by atoms with van der Waals surface area (Å²) >= 11 is 0. The van der Waals surface area contributed by atoms with Crippen LogP contribution >= 0.6 is 0 Å². The Morgan fingerprint density at radius 3 is 2.81 bits per heavy atom. The van der Waals surface area contributed by atoms with Crippen LogP contribution in [0.15, 0.2) is 0 Å². The Bertz CT molecular complexity index is 272. The van der Waals surface area contributed by atoms with Crippen molar-refractivity contribution in [2.45, 2.75) is 25.5 Å². The molecule has 16 heavy (non-hydrogen) atoms. The molecule has 0 aromatic carbocycles. The highest BCUT2D eigenvalue weighted by Gasteiger charge is 2.36. The Hall–Kier alpha value is -0.650. The maximum Gasteiger partial charge on any atom is 0.229 e. The topological polar surface area (TPSA) is 75.8 Å². The molecular formula is C11H20N2O3. The summed E-state index contributed by atoms with van der Waals surface area (Å²) in [5, 5.41) is 9.75. The van der Waals surface area contributed by atoms with E-state index in [4.69, 9.17) is 10.5 Å². The van der Waals surface area contributed by atoms with E-state index >= 15 is 0 Å². The van der Waals surface area contributed by atoms with Crippen LogP contribution in [0.25, 0.3) is 0 Å². The van der Waals surface area contributed by atoms with Crippen molar-refractivity contribution in [3.8, 4) is 0 Å². The lowest BCUT2D eigenvalue weighted by Gasteiger charge is -2.35. The van der Waals surface area contributed by atoms with Gasteiger partial charge in [-0.25, -0.2) is 0 Å². The molecule has 0 spiro atoms. The number of piperidine rings is 1. The maximum absolute atomic E-state index is 12.1. The molecule has 0 aliphatic carbocycles. The average Bonchev–Trinajstić information content (AvgIpc) is 2.67. The van der Waals surface area contributed by atoms with E-state index in [0.717, 1.165) is 13.0 Å². The number of hydrogen-bond acceptors (Lipinski definition) is 4. The number of rotatable bonds is 1. The first-order valence-corrected chi connectivity index (χ1v) is 5.89. The third-order valence-electron chi connectivity index (χ3n) is 3.67. The number of ether oxygens (including phenoxy) is 1. The highest BCUT2D eigenvalue weighted by atomic mass is 16.5. The van der Waals surface area contributed by atoms with Crippen molar-refractivity contribution in [3.05, 3.63) is 0 Å². The van der Waals surface area contributed by atoms with Crippen LogP contribution in [-0.2, 0) is 9.53 Å². The number of amides is 1. The van der Waals surface area contributed by atoms with Crippen molar-refractivity contribution in [2.24, 2.45) is 17.6 Å². The van der Waals surface area contributed by atoms with Crippen molar-refractivity contribution in [1.82, 2.24) is 4.90 Å². The second-order valence-corrected chi connectivity index (χ2v) is 4.93. The SMILES string of the molecule is CC1CCN(C(=O)C2COCC2N)CC1O. The number of likely N-dealkylation sites (tertiary alicyclic amines) is 1. The monoisotopic (exact) mass is 228 g/mol. The first-order chi connectivity index (χ1) is 7.59. The molecule has 3 N–H and O–H groups in total. The van der Waals surface area contributed by atoms with E-state index in [0.29, 0.717) is 19.8 Å². The fraction of sp³-hybridized carbons (Fsp3) is 0.909. The third kappa shape index (κ3) is 2.21. The molecule has 4 atom stereocenters. The molecule has 4 unspecified atom stereocenters. The van der Waals surface area contributed by atoms with Gasteiger partial charge in [0, 0.05) is 19.1 Å². The number of aliphatic hydroxyl groups is 1. The fourth-order valence-electron chi connectivity index (χ4n) is 2.31. The predicted octanol–water partition coefficient (Wildman–Crippen LogP) is -0.811. The van der Waals surface area contributed by atoms with E-state index in [9.17, 15) is 9.90 Å². The minimum absolute atomic E-state index is 0.0379. The molecule has 0 aromatic rings. The van der Waals surface area contributed by atoms with Gasteiger partial charge in [0.15, 0.2) is 0 Å². The molecule has 2 heterocycles. The largest absolute Gasteiger partial charge is 0.391 e. The van der Waals surface area contributed by atoms with Crippen molar-refractivity contribution in [3.63, 3.8) is 0 Å². The summed E-state index contributed by atoms with van der Waals surface area (Å²) in [7, 11) is 0. The van der Waals surface area contributed by atoms with Gasteiger partial charge in [-0.15, -0.1) is 0 Å². The van der Waals surface area contributed by atoms with Gasteiger partial charge in [-0.2, -0.15) is 0 Å². The third-order valence-corrected chi connectivity index (χ3v) is 3.67. The second kappa shape index (κ2) is 4.69. The Kier molecular flexibility index (Phi) is 3.47. The number of aliphatic hydroxyl groups excluding tert-OH is 1. The van der Waals surface area contributed by atoms with Crippen LogP contribution in [0.3, 0.4) is 0 Å². The Balaban J connectivity index is 1.95. The van der Waals surface area contributed by atoms with E-state index in [2.05, 4.69) is 0 Å². The van der Waals surface area contributed by atoms with Gasteiger partial charge in [0.05, 0.1) is 25.2 Å². The minimum Gasteiger partial charge on any atom is -0.391 e. The summed E-state index contributed by atoms with van der Waals surface area (Å²) in [4.78, 5) is 13.8. The number of β-amino-alcohol motifs (C(OH)–C–C–N with tert-alkyl or cyclic N) is 1. The Morgan fingerprint density at radius 1 is 1.50 bits per heavy atom. The van der Waals surface area contributed by atoms with Crippen LogP contribution in [-0.4, -0.2) is 54.4 Å². The predicted molar refractivity (Wildman–Crippen MR) is 58.7 cm³/mol. The number of carbonyl (C=O) groups excluding carboxylic acids is 1. The first-order valence-electron chi connectivity index (χ1n) is 5.89. The molecule has 0 saturated carbocycles. The van der Waals surface area contributed by atoms with Gasteiger partial charge in [-0.1, -0.05) is 6.92 Å². The Morgan fingerprint density at radius 2 is 2.25 bits per heavy atom. The fourth-order valence-corrected chi connectivity index (χ4v) is 2.31. The van der Waals surface area contributed by atoms with Crippen LogP contribution in [0.2, 0.25) is 0 Å². The summed E-state index contributed by atoms with van der Waals surface area (Å²) in [5.74, 6) is 0.0918. The van der Waals surface area contributed by atoms with Crippen LogP contribution in [0.1, 0.15) is 13.3 Å². The van der Waals surface area contributed by atoms with Crippen molar-refractivity contribution >= 4 is 5.91 Å². The molecule has 2 aliphatic rings. The molecular weight excluding hydrogens is 208 g/mol. The number of carbonyl (C=O) groups is 1. The van der Waals surface area contributed by atoms with E-state index in [1.165, 1.54) is 0 Å². The van der Waals surface area contributed by atoms with Crippen molar-refractivity contribution < 1.29 is 14.6 Å². The lowest BCUT2D eigenvalue weighted by Crippen LogP contribution is -2.50.